The van der Waals surface area contributed by atoms with Crippen molar-refractivity contribution >= 4 is 40.2 Å². The third-order valence-electron chi connectivity index (χ3n) is 8.33. The normalized spacial score (nSPS) is 19.4. The predicted octanol–water partition coefficient (Wildman–Crippen LogP) is 2.11. The zero-order valence-corrected chi connectivity index (χ0v) is 22.7. The van der Waals surface area contributed by atoms with Crippen LogP contribution in [0, 0.1) is 6.92 Å². The summed E-state index contributed by atoms with van der Waals surface area (Å²) in [5.41, 5.74) is 5.57. The lowest BCUT2D eigenvalue weighted by Crippen LogP contribution is -2.52. The fourth-order valence-electron chi connectivity index (χ4n) is 6.08. The third-order valence-corrected chi connectivity index (χ3v) is 8.33. The van der Waals surface area contributed by atoms with E-state index < -0.39 is 6.04 Å². The van der Waals surface area contributed by atoms with Gasteiger partial charge < -0.3 is 9.80 Å². The first-order valence-corrected chi connectivity index (χ1v) is 13.2. The van der Waals surface area contributed by atoms with Crippen molar-refractivity contribution in [3.05, 3.63) is 63.1 Å². The van der Waals surface area contributed by atoms with E-state index in [0.717, 1.165) is 67.1 Å². The maximum absolute atomic E-state index is 14.3. The second-order valence-corrected chi connectivity index (χ2v) is 10.9. The average Bonchev–Trinajstić information content (AvgIpc) is 3.11. The van der Waals surface area contributed by atoms with Crippen LogP contribution in [0.2, 0.25) is 0 Å². The molecule has 1 amide bonds. The number of benzene rings is 2. The number of aryl methyl sites for hydroxylation is 3. The molecule has 0 radical (unpaired) electrons. The van der Waals surface area contributed by atoms with Gasteiger partial charge in [0.1, 0.15) is 6.04 Å². The number of carbonyl (C=O) groups is 2. The van der Waals surface area contributed by atoms with Crippen LogP contribution in [0.1, 0.15) is 31.8 Å². The molecule has 0 N–H and O–H groups in total. The molecule has 38 heavy (non-hydrogen) atoms. The molecule has 0 spiro atoms. The van der Waals surface area contributed by atoms with Gasteiger partial charge in [0, 0.05) is 58.9 Å². The van der Waals surface area contributed by atoms with Crippen molar-refractivity contribution in [2.45, 2.75) is 13.0 Å². The van der Waals surface area contributed by atoms with Gasteiger partial charge in [0.15, 0.2) is 5.78 Å². The molecule has 2 bridgehead atoms. The van der Waals surface area contributed by atoms with Gasteiger partial charge in [-0.2, -0.15) is 0 Å². The van der Waals surface area contributed by atoms with Crippen LogP contribution in [0.3, 0.4) is 0 Å². The van der Waals surface area contributed by atoms with Gasteiger partial charge in [-0.05, 0) is 50.3 Å². The molecule has 3 aliphatic rings. The highest BCUT2D eigenvalue weighted by Crippen LogP contribution is 2.41. The summed E-state index contributed by atoms with van der Waals surface area (Å²) in [6.45, 7) is 7.38. The van der Waals surface area contributed by atoms with Gasteiger partial charge in [-0.1, -0.05) is 18.2 Å². The molecule has 1 aliphatic carbocycles. The second kappa shape index (κ2) is 8.96. The van der Waals surface area contributed by atoms with Crippen LogP contribution in [-0.4, -0.2) is 90.0 Å². The Morgan fingerprint density at radius 1 is 0.895 bits per heavy atom. The number of anilines is 2. The Morgan fingerprint density at radius 2 is 1.58 bits per heavy atom. The summed E-state index contributed by atoms with van der Waals surface area (Å²) < 4.78 is 3.19. The minimum absolute atomic E-state index is 0.0509. The topological polar surface area (TPSA) is 74.0 Å². The molecule has 3 aromatic rings. The highest BCUT2D eigenvalue weighted by atomic mass is 16.2. The monoisotopic (exact) mass is 514 g/mol. The number of fused-ring (bicyclic) bond motifs is 2. The number of carbonyl (C=O) groups excluding carboxylic acids is 2. The molecule has 2 aliphatic heterocycles. The molecular formula is C29H34N6O3. The van der Waals surface area contributed by atoms with Crippen molar-refractivity contribution in [3.63, 3.8) is 0 Å². The van der Waals surface area contributed by atoms with Crippen LogP contribution >= 0.6 is 0 Å². The van der Waals surface area contributed by atoms with Crippen molar-refractivity contribution in [1.82, 2.24) is 18.9 Å². The summed E-state index contributed by atoms with van der Waals surface area (Å²) in [7, 11) is 7.64. The first kappa shape index (κ1) is 24.6. The van der Waals surface area contributed by atoms with Crippen molar-refractivity contribution in [2.75, 3.05) is 63.2 Å². The number of ketones is 1. The van der Waals surface area contributed by atoms with E-state index in [2.05, 4.69) is 28.8 Å². The third kappa shape index (κ3) is 3.64. The minimum Gasteiger partial charge on any atom is -0.368 e. The van der Waals surface area contributed by atoms with Crippen LogP contribution in [-0.2, 0) is 14.1 Å². The van der Waals surface area contributed by atoms with Gasteiger partial charge in [0.05, 0.1) is 28.0 Å². The van der Waals surface area contributed by atoms with Crippen LogP contribution in [0.5, 0.6) is 0 Å². The molecule has 198 valence electrons. The highest BCUT2D eigenvalue weighted by Gasteiger charge is 2.44. The van der Waals surface area contributed by atoms with Gasteiger partial charge in [-0.15, -0.1) is 0 Å². The minimum atomic E-state index is -0.697. The van der Waals surface area contributed by atoms with Crippen LogP contribution < -0.4 is 15.5 Å². The van der Waals surface area contributed by atoms with Gasteiger partial charge in [-0.25, -0.2) is 4.79 Å². The fraction of sp³-hybridized carbons (Fsp3) is 0.414. The quantitative estimate of drug-likeness (QED) is 0.519. The number of hydrogen-bond donors (Lipinski definition) is 0. The Balaban J connectivity index is 1.41. The summed E-state index contributed by atoms with van der Waals surface area (Å²) in [5.74, 6) is -0.214. The second-order valence-electron chi connectivity index (χ2n) is 10.9. The number of hydrogen-bond acceptors (Lipinski definition) is 6. The van der Waals surface area contributed by atoms with Gasteiger partial charge >= 0.3 is 5.69 Å². The number of likely N-dealkylation sites (N-methyl/N-ethyl adjacent to an activating group) is 1. The molecule has 1 fully saturated rings. The van der Waals surface area contributed by atoms with Crippen molar-refractivity contribution in [3.8, 4) is 0 Å². The Labute approximate surface area is 222 Å². The van der Waals surface area contributed by atoms with Gasteiger partial charge in [0.2, 0.25) is 0 Å². The lowest BCUT2D eigenvalue weighted by atomic mass is 9.82. The molecule has 3 heterocycles. The van der Waals surface area contributed by atoms with E-state index in [9.17, 15) is 14.4 Å². The zero-order chi connectivity index (χ0) is 26.9. The summed E-state index contributed by atoms with van der Waals surface area (Å²) >= 11 is 0. The van der Waals surface area contributed by atoms with E-state index >= 15 is 0 Å². The van der Waals surface area contributed by atoms with Crippen LogP contribution in [0.4, 0.5) is 11.4 Å². The number of Topliss-reactive ketones (excluding diaryl/α,β-unsaturated/α-hetero) is 1. The van der Waals surface area contributed by atoms with Crippen LogP contribution in [0.25, 0.3) is 17.1 Å². The Bertz CT molecular complexity index is 1570. The maximum atomic E-state index is 14.3. The molecule has 0 saturated carbocycles. The summed E-state index contributed by atoms with van der Waals surface area (Å²) in [6, 6.07) is 7.07. The zero-order valence-electron chi connectivity index (χ0n) is 22.7. The number of rotatable bonds is 5. The van der Waals surface area contributed by atoms with E-state index in [-0.39, 0.29) is 17.4 Å². The smallest absolute Gasteiger partial charge is 0.328 e. The Hall–Kier alpha value is -3.69. The number of aromatic nitrogens is 2. The van der Waals surface area contributed by atoms with Gasteiger partial charge in [0.25, 0.3) is 5.91 Å². The van der Waals surface area contributed by atoms with Crippen molar-refractivity contribution in [1.29, 1.82) is 0 Å². The molecule has 1 aromatic heterocycles. The summed E-state index contributed by atoms with van der Waals surface area (Å²) in [5, 5.41) is 0. The SMILES string of the molecule is Cc1cc2c(cc1N1C(=O)c3c(N4CCN(CCN(C)C)CC4)ccc4c3C(=O)C1C=C4)n(C)c(=O)n2C. The predicted molar refractivity (Wildman–Crippen MR) is 151 cm³/mol. The van der Waals surface area contributed by atoms with Crippen LogP contribution in [0.15, 0.2) is 35.1 Å². The molecule has 6 rings (SSSR count). The van der Waals surface area contributed by atoms with E-state index in [0.29, 0.717) is 16.8 Å². The maximum Gasteiger partial charge on any atom is 0.328 e. The van der Waals surface area contributed by atoms with Gasteiger partial charge in [-0.3, -0.25) is 28.5 Å². The van der Waals surface area contributed by atoms with E-state index in [1.54, 1.807) is 28.1 Å². The summed E-state index contributed by atoms with van der Waals surface area (Å²) in [4.78, 5) is 49.3. The first-order valence-electron chi connectivity index (χ1n) is 13.2. The number of nitrogens with zero attached hydrogens (tertiary/aromatic N) is 6. The lowest BCUT2D eigenvalue weighted by molar-refractivity contribution is 0.0885. The van der Waals surface area contributed by atoms with Crippen molar-refractivity contribution in [2.24, 2.45) is 14.1 Å². The van der Waals surface area contributed by atoms with E-state index in [1.807, 2.05) is 43.3 Å². The number of imidazole rings is 1. The first-order chi connectivity index (χ1) is 18.2. The lowest BCUT2D eigenvalue weighted by Gasteiger charge is -2.41. The average molecular weight is 515 g/mol. The Morgan fingerprint density at radius 3 is 2.26 bits per heavy atom. The van der Waals surface area contributed by atoms with E-state index in [1.165, 1.54) is 0 Å². The van der Waals surface area contributed by atoms with Crippen molar-refractivity contribution < 1.29 is 9.59 Å². The fourth-order valence-corrected chi connectivity index (χ4v) is 6.08. The Kier molecular flexibility index (Phi) is 5.81. The molecule has 1 saturated heterocycles. The van der Waals surface area contributed by atoms with E-state index in [4.69, 9.17) is 0 Å². The molecule has 2 aromatic carbocycles. The number of amides is 1. The molecular weight excluding hydrogens is 480 g/mol. The molecule has 1 atom stereocenters. The summed E-state index contributed by atoms with van der Waals surface area (Å²) in [6.07, 6.45) is 3.78. The largest absolute Gasteiger partial charge is 0.368 e. The molecule has 1 unspecified atom stereocenters. The standard InChI is InChI=1S/C29H34N6O3/c1-18-16-23-24(32(5)29(38)31(23)4)17-22(18)35-21-9-7-19-6-8-20(26(28(35)37)25(19)27(21)36)34-14-12-33(13-15-34)11-10-30(2)3/h6-9,16-17,21H,10-15H2,1-5H3. The molecule has 9 nitrogen and oxygen atoms in total. The molecule has 9 heteroatoms. The highest BCUT2D eigenvalue weighted by molar-refractivity contribution is 6.28. The number of piperazine rings is 1.